The first-order valence-corrected chi connectivity index (χ1v) is 7.83. The highest BCUT2D eigenvalue weighted by atomic mass is 35.5. The third-order valence-electron chi connectivity index (χ3n) is 3.25. The lowest BCUT2D eigenvalue weighted by Crippen LogP contribution is -2.11. The molecule has 4 heteroatoms. The quantitative estimate of drug-likeness (QED) is 0.757. The summed E-state index contributed by atoms with van der Waals surface area (Å²) < 4.78 is 5.88. The Morgan fingerprint density at radius 2 is 1.86 bits per heavy atom. The molecular weight excluding hydrogens is 298 g/mol. The third-order valence-corrected chi connectivity index (χ3v) is 3.51. The molecule has 0 saturated heterocycles. The second-order valence-electron chi connectivity index (χ2n) is 5.24. The van der Waals surface area contributed by atoms with Crippen LogP contribution in [0.2, 0.25) is 0 Å². The van der Waals surface area contributed by atoms with E-state index in [2.05, 4.69) is 11.4 Å². The van der Waals surface area contributed by atoms with E-state index in [-0.39, 0.29) is 5.91 Å². The molecule has 0 bridgehead atoms. The van der Waals surface area contributed by atoms with Gasteiger partial charge in [0.25, 0.3) is 0 Å². The number of ether oxygens (including phenoxy) is 1. The molecule has 3 nitrogen and oxygen atoms in total. The maximum Gasteiger partial charge on any atom is 0.224 e. The number of rotatable bonds is 6. The van der Waals surface area contributed by atoms with Crippen LogP contribution in [-0.4, -0.2) is 11.8 Å². The van der Waals surface area contributed by atoms with E-state index >= 15 is 0 Å². The van der Waals surface area contributed by atoms with Crippen LogP contribution in [0.25, 0.3) is 0 Å². The van der Waals surface area contributed by atoms with Crippen molar-refractivity contribution in [1.82, 2.24) is 0 Å². The van der Waals surface area contributed by atoms with Crippen LogP contribution >= 0.6 is 11.6 Å². The molecule has 0 aromatic heterocycles. The molecule has 1 N–H and O–H groups in total. The standard InChI is InChI=1S/C18H20ClNO2/c1-13-5-6-14(2)17(12-13)22-16-9-7-15(8-10-16)20-18(21)4-3-11-19/h5-10,12H,3-4,11H2,1-2H3,(H,20,21). The van der Waals surface area contributed by atoms with Crippen LogP contribution in [0.4, 0.5) is 5.69 Å². The topological polar surface area (TPSA) is 38.3 Å². The molecular formula is C18H20ClNO2. The van der Waals surface area contributed by atoms with Gasteiger partial charge in [0.05, 0.1) is 0 Å². The van der Waals surface area contributed by atoms with Crippen molar-refractivity contribution >= 4 is 23.2 Å². The van der Waals surface area contributed by atoms with Gasteiger partial charge in [-0.3, -0.25) is 4.79 Å². The lowest BCUT2D eigenvalue weighted by atomic mass is 10.1. The molecule has 0 atom stereocenters. The zero-order chi connectivity index (χ0) is 15.9. The maximum absolute atomic E-state index is 11.6. The molecule has 116 valence electrons. The average Bonchev–Trinajstić information content (AvgIpc) is 2.51. The van der Waals surface area contributed by atoms with Crippen molar-refractivity contribution in [3.8, 4) is 11.5 Å². The Morgan fingerprint density at radius 1 is 1.14 bits per heavy atom. The van der Waals surface area contributed by atoms with Gasteiger partial charge in [-0.1, -0.05) is 12.1 Å². The SMILES string of the molecule is Cc1ccc(C)c(Oc2ccc(NC(=O)CCCCl)cc2)c1. The van der Waals surface area contributed by atoms with Crippen molar-refractivity contribution in [3.05, 3.63) is 53.6 Å². The molecule has 2 aromatic rings. The highest BCUT2D eigenvalue weighted by Gasteiger charge is 2.04. The van der Waals surface area contributed by atoms with E-state index in [1.165, 1.54) is 0 Å². The summed E-state index contributed by atoms with van der Waals surface area (Å²) in [6.45, 7) is 4.05. The van der Waals surface area contributed by atoms with Gasteiger partial charge in [-0.25, -0.2) is 0 Å². The van der Waals surface area contributed by atoms with Gasteiger partial charge >= 0.3 is 0 Å². The molecule has 0 saturated carbocycles. The molecule has 1 amide bonds. The van der Waals surface area contributed by atoms with Gasteiger partial charge in [-0.15, -0.1) is 11.6 Å². The van der Waals surface area contributed by atoms with Gasteiger partial charge in [0.15, 0.2) is 0 Å². The minimum Gasteiger partial charge on any atom is -0.457 e. The minimum absolute atomic E-state index is 0.0242. The molecule has 0 radical (unpaired) electrons. The van der Waals surface area contributed by atoms with Crippen LogP contribution in [0.1, 0.15) is 24.0 Å². The number of halogens is 1. The van der Waals surface area contributed by atoms with Crippen molar-refractivity contribution in [2.45, 2.75) is 26.7 Å². The van der Waals surface area contributed by atoms with E-state index in [0.717, 1.165) is 28.3 Å². The van der Waals surface area contributed by atoms with Crippen LogP contribution < -0.4 is 10.1 Å². The predicted molar refractivity (Wildman–Crippen MR) is 91.0 cm³/mol. The Kier molecular flexibility index (Phi) is 5.84. The van der Waals surface area contributed by atoms with Crippen molar-refractivity contribution in [3.63, 3.8) is 0 Å². The summed E-state index contributed by atoms with van der Waals surface area (Å²) in [7, 11) is 0. The zero-order valence-corrected chi connectivity index (χ0v) is 13.6. The average molecular weight is 318 g/mol. The van der Waals surface area contributed by atoms with E-state index in [1.807, 2.05) is 50.2 Å². The first-order chi connectivity index (χ1) is 10.6. The Labute approximate surface area is 136 Å². The lowest BCUT2D eigenvalue weighted by molar-refractivity contribution is -0.116. The van der Waals surface area contributed by atoms with E-state index in [1.54, 1.807) is 0 Å². The minimum atomic E-state index is -0.0242. The normalized spacial score (nSPS) is 10.3. The number of hydrogen-bond acceptors (Lipinski definition) is 2. The summed E-state index contributed by atoms with van der Waals surface area (Å²) in [5, 5.41) is 2.84. The fraction of sp³-hybridized carbons (Fsp3) is 0.278. The molecule has 2 aromatic carbocycles. The summed E-state index contributed by atoms with van der Waals surface area (Å²) in [4.78, 5) is 11.6. The Balaban J connectivity index is 2.00. The monoisotopic (exact) mass is 317 g/mol. The number of carbonyl (C=O) groups excluding carboxylic acids is 1. The second-order valence-corrected chi connectivity index (χ2v) is 5.61. The molecule has 0 aliphatic carbocycles. The summed E-state index contributed by atoms with van der Waals surface area (Å²) in [5.41, 5.74) is 3.00. The highest BCUT2D eigenvalue weighted by molar-refractivity contribution is 6.18. The van der Waals surface area contributed by atoms with Gasteiger partial charge in [-0.05, 0) is 61.7 Å². The third kappa shape index (κ3) is 4.78. The van der Waals surface area contributed by atoms with Crippen molar-refractivity contribution in [1.29, 1.82) is 0 Å². The number of nitrogens with one attached hydrogen (secondary N) is 1. The van der Waals surface area contributed by atoms with Gasteiger partial charge in [0.2, 0.25) is 5.91 Å². The van der Waals surface area contributed by atoms with Crippen LogP contribution in [0.5, 0.6) is 11.5 Å². The second kappa shape index (κ2) is 7.85. The summed E-state index contributed by atoms with van der Waals surface area (Å²) in [5.74, 6) is 2.06. The fourth-order valence-corrected chi connectivity index (χ4v) is 2.14. The Morgan fingerprint density at radius 3 is 2.55 bits per heavy atom. The van der Waals surface area contributed by atoms with Crippen molar-refractivity contribution in [2.75, 3.05) is 11.2 Å². The number of carbonyl (C=O) groups is 1. The molecule has 22 heavy (non-hydrogen) atoms. The van der Waals surface area contributed by atoms with Gasteiger partial charge in [0, 0.05) is 18.0 Å². The van der Waals surface area contributed by atoms with E-state index in [9.17, 15) is 4.79 Å². The molecule has 0 unspecified atom stereocenters. The van der Waals surface area contributed by atoms with E-state index in [4.69, 9.17) is 16.3 Å². The number of anilines is 1. The lowest BCUT2D eigenvalue weighted by Gasteiger charge is -2.10. The van der Waals surface area contributed by atoms with Gasteiger partial charge in [0.1, 0.15) is 11.5 Å². The number of hydrogen-bond donors (Lipinski definition) is 1. The molecule has 0 fully saturated rings. The number of benzene rings is 2. The number of alkyl halides is 1. The maximum atomic E-state index is 11.6. The van der Waals surface area contributed by atoms with Crippen molar-refractivity contribution < 1.29 is 9.53 Å². The van der Waals surface area contributed by atoms with E-state index in [0.29, 0.717) is 18.7 Å². The van der Waals surface area contributed by atoms with Crippen molar-refractivity contribution in [2.24, 2.45) is 0 Å². The smallest absolute Gasteiger partial charge is 0.224 e. The fourth-order valence-electron chi connectivity index (χ4n) is 2.00. The van der Waals surface area contributed by atoms with Gasteiger partial charge in [-0.2, -0.15) is 0 Å². The number of aryl methyl sites for hydroxylation is 2. The molecule has 2 rings (SSSR count). The number of amides is 1. The first kappa shape index (κ1) is 16.4. The van der Waals surface area contributed by atoms with Crippen LogP contribution in [0, 0.1) is 13.8 Å². The van der Waals surface area contributed by atoms with Crippen LogP contribution in [-0.2, 0) is 4.79 Å². The van der Waals surface area contributed by atoms with E-state index < -0.39 is 0 Å². The highest BCUT2D eigenvalue weighted by Crippen LogP contribution is 2.27. The molecule has 0 spiro atoms. The largest absolute Gasteiger partial charge is 0.457 e. The summed E-state index contributed by atoms with van der Waals surface area (Å²) in [6, 6.07) is 13.5. The molecule has 0 aliphatic rings. The molecule has 0 aliphatic heterocycles. The summed E-state index contributed by atoms with van der Waals surface area (Å²) >= 11 is 5.57. The summed E-state index contributed by atoms with van der Waals surface area (Å²) in [6.07, 6.45) is 1.12. The Bertz CT molecular complexity index is 638. The zero-order valence-electron chi connectivity index (χ0n) is 12.9. The van der Waals surface area contributed by atoms with Gasteiger partial charge < -0.3 is 10.1 Å². The van der Waals surface area contributed by atoms with Crippen LogP contribution in [0.15, 0.2) is 42.5 Å². The predicted octanol–water partition coefficient (Wildman–Crippen LogP) is 5.05. The molecule has 0 heterocycles. The van der Waals surface area contributed by atoms with Crippen LogP contribution in [0.3, 0.4) is 0 Å². The Hall–Kier alpha value is -2.00. The first-order valence-electron chi connectivity index (χ1n) is 7.29.